The van der Waals surface area contributed by atoms with Gasteiger partial charge in [0.2, 0.25) is 5.91 Å². The molecule has 0 heterocycles. The summed E-state index contributed by atoms with van der Waals surface area (Å²) in [5, 5.41) is 14.8. The van der Waals surface area contributed by atoms with E-state index in [1.807, 2.05) is 12.1 Å². The highest BCUT2D eigenvalue weighted by molar-refractivity contribution is 5.87. The van der Waals surface area contributed by atoms with Crippen molar-refractivity contribution in [2.24, 2.45) is 11.0 Å². The molecule has 1 atom stereocenters. The van der Waals surface area contributed by atoms with Gasteiger partial charge in [0.05, 0.1) is 17.1 Å². The number of non-ortho nitro benzene ring substituents is 1. The van der Waals surface area contributed by atoms with Gasteiger partial charge in [-0.2, -0.15) is 5.10 Å². The van der Waals surface area contributed by atoms with E-state index >= 15 is 0 Å². The van der Waals surface area contributed by atoms with E-state index in [2.05, 4.69) is 60.8 Å². The molecule has 0 unspecified atom stereocenters. The second kappa shape index (κ2) is 8.14. The summed E-state index contributed by atoms with van der Waals surface area (Å²) in [6.07, 6.45) is 2.21. The van der Waals surface area contributed by atoms with Gasteiger partial charge in [-0.15, -0.1) is 0 Å². The van der Waals surface area contributed by atoms with E-state index in [0.717, 1.165) is 28.7 Å². The van der Waals surface area contributed by atoms with E-state index in [0.29, 0.717) is 5.56 Å². The lowest BCUT2D eigenvalue weighted by molar-refractivity contribution is -0.384. The summed E-state index contributed by atoms with van der Waals surface area (Å²) in [5.74, 6) is -0.355. The van der Waals surface area contributed by atoms with Gasteiger partial charge >= 0.3 is 0 Å². The smallest absolute Gasteiger partial charge is 0.269 e. The Bertz CT molecular complexity index is 1120. The first-order valence-electron chi connectivity index (χ1n) is 10.1. The predicted octanol–water partition coefficient (Wildman–Crippen LogP) is 4.67. The van der Waals surface area contributed by atoms with Crippen LogP contribution in [0.3, 0.4) is 0 Å². The Morgan fingerprint density at radius 3 is 2.13 bits per heavy atom. The molecule has 0 radical (unpaired) electrons. The Morgan fingerprint density at radius 1 is 1.03 bits per heavy atom. The quantitative estimate of drug-likeness (QED) is 0.362. The number of amides is 1. The number of hydrogen-bond donors (Lipinski definition) is 1. The third kappa shape index (κ3) is 4.10. The first kappa shape index (κ1) is 20.5. The molecule has 1 amide bonds. The number of nitrogens with zero attached hydrogens (tertiary/aromatic N) is 2. The maximum atomic E-state index is 13.0. The second-order valence-electron chi connectivity index (χ2n) is 8.05. The summed E-state index contributed by atoms with van der Waals surface area (Å²) in [6, 6.07) is 22.6. The third-order valence-corrected chi connectivity index (χ3v) is 5.84. The predicted molar refractivity (Wildman–Crippen MR) is 120 cm³/mol. The molecule has 1 N–H and O–H groups in total. The van der Waals surface area contributed by atoms with Crippen LogP contribution in [0.1, 0.15) is 34.2 Å². The summed E-state index contributed by atoms with van der Waals surface area (Å²) < 4.78 is 0. The molecule has 0 spiro atoms. The van der Waals surface area contributed by atoms with Gasteiger partial charge in [0.25, 0.3) is 5.69 Å². The Kier molecular flexibility index (Phi) is 5.38. The zero-order valence-electron chi connectivity index (χ0n) is 17.4. The fourth-order valence-corrected chi connectivity index (χ4v) is 4.16. The number of hydrogen-bond acceptors (Lipinski definition) is 4. The van der Waals surface area contributed by atoms with Crippen LogP contribution in [0.5, 0.6) is 0 Å². The van der Waals surface area contributed by atoms with Crippen LogP contribution >= 0.6 is 0 Å². The maximum absolute atomic E-state index is 13.0. The minimum atomic E-state index is -0.452. The largest absolute Gasteiger partial charge is 0.273 e. The molecule has 31 heavy (non-hydrogen) atoms. The van der Waals surface area contributed by atoms with Gasteiger partial charge in [0, 0.05) is 17.5 Å². The van der Waals surface area contributed by atoms with Crippen molar-refractivity contribution in [3.05, 3.63) is 111 Å². The number of aryl methyl sites for hydroxylation is 2. The van der Waals surface area contributed by atoms with Gasteiger partial charge in [-0.3, -0.25) is 14.9 Å². The van der Waals surface area contributed by atoms with Gasteiger partial charge in [-0.25, -0.2) is 5.43 Å². The number of carbonyl (C=O) groups is 1. The van der Waals surface area contributed by atoms with Crippen molar-refractivity contribution in [3.8, 4) is 0 Å². The summed E-state index contributed by atoms with van der Waals surface area (Å²) in [5.41, 5.74) is 7.57. The molecule has 1 fully saturated rings. The highest BCUT2D eigenvalue weighted by atomic mass is 16.6. The van der Waals surface area contributed by atoms with Gasteiger partial charge in [-0.1, -0.05) is 59.7 Å². The van der Waals surface area contributed by atoms with Crippen LogP contribution < -0.4 is 5.43 Å². The van der Waals surface area contributed by atoms with Crippen molar-refractivity contribution in [1.82, 2.24) is 5.43 Å². The number of hydrazone groups is 1. The molecule has 6 heteroatoms. The molecule has 0 bridgehead atoms. The molecule has 6 nitrogen and oxygen atoms in total. The molecule has 3 aromatic carbocycles. The molecular formula is C25H23N3O3. The number of nitro groups is 1. The van der Waals surface area contributed by atoms with Crippen molar-refractivity contribution < 1.29 is 9.72 Å². The van der Waals surface area contributed by atoms with E-state index in [1.54, 1.807) is 12.1 Å². The van der Waals surface area contributed by atoms with E-state index in [4.69, 9.17) is 0 Å². The molecule has 0 saturated heterocycles. The van der Waals surface area contributed by atoms with Gasteiger partial charge in [-0.05, 0) is 49.1 Å². The number of rotatable bonds is 6. The van der Waals surface area contributed by atoms with Crippen molar-refractivity contribution in [3.63, 3.8) is 0 Å². The van der Waals surface area contributed by atoms with Crippen molar-refractivity contribution >= 4 is 17.8 Å². The van der Waals surface area contributed by atoms with Gasteiger partial charge in [0.15, 0.2) is 0 Å². The van der Waals surface area contributed by atoms with E-state index in [1.165, 1.54) is 18.3 Å². The molecule has 0 aliphatic heterocycles. The molecule has 1 saturated carbocycles. The molecule has 1 aliphatic rings. The average Bonchev–Trinajstić information content (AvgIpc) is 3.51. The highest BCUT2D eigenvalue weighted by Gasteiger charge is 2.60. The van der Waals surface area contributed by atoms with Crippen LogP contribution in [0, 0.1) is 29.9 Å². The monoisotopic (exact) mass is 413 g/mol. The van der Waals surface area contributed by atoms with Crippen LogP contribution in [0.4, 0.5) is 5.69 Å². The molecule has 156 valence electrons. The van der Waals surface area contributed by atoms with Crippen molar-refractivity contribution in [2.45, 2.75) is 25.7 Å². The Balaban J connectivity index is 1.54. The number of nitrogens with one attached hydrogen (secondary N) is 1. The van der Waals surface area contributed by atoms with E-state index in [-0.39, 0.29) is 22.9 Å². The zero-order chi connectivity index (χ0) is 22.0. The lowest BCUT2D eigenvalue weighted by atomic mass is 9.84. The highest BCUT2D eigenvalue weighted by Crippen LogP contribution is 2.59. The molecule has 1 aliphatic carbocycles. The first-order chi connectivity index (χ1) is 14.9. The van der Waals surface area contributed by atoms with Crippen molar-refractivity contribution in [1.29, 1.82) is 0 Å². The van der Waals surface area contributed by atoms with E-state index < -0.39 is 4.92 Å². The lowest BCUT2D eigenvalue weighted by Crippen LogP contribution is -2.25. The Labute approximate surface area is 180 Å². The first-order valence-corrected chi connectivity index (χ1v) is 10.1. The van der Waals surface area contributed by atoms with E-state index in [9.17, 15) is 14.9 Å². The maximum Gasteiger partial charge on any atom is 0.269 e. The summed E-state index contributed by atoms with van der Waals surface area (Å²) in [4.78, 5) is 23.3. The number of carbonyl (C=O) groups excluding carboxylic acids is 1. The standard InChI is InChI=1S/C25H23N3O3/c1-17-5-3-7-20(13-17)25(21-8-4-6-18(2)14-21)15-23(25)24(29)27-26-16-19-9-11-22(12-10-19)28(30)31/h3-14,16,23H,15H2,1-2H3,(H,27,29)/b26-16+/t23-/m1/s1. The molecule has 0 aromatic heterocycles. The third-order valence-electron chi connectivity index (χ3n) is 5.84. The molecule has 3 aromatic rings. The minimum absolute atomic E-state index is 0.0141. The summed E-state index contributed by atoms with van der Waals surface area (Å²) in [7, 11) is 0. The SMILES string of the molecule is Cc1cccc(C2(c3cccc(C)c3)C[C@@H]2C(=O)N/N=C/c2ccc([N+](=O)[O-])cc2)c1. The zero-order valence-corrected chi connectivity index (χ0v) is 17.4. The Hall–Kier alpha value is -3.80. The Morgan fingerprint density at radius 2 is 1.61 bits per heavy atom. The fourth-order valence-electron chi connectivity index (χ4n) is 4.16. The van der Waals surface area contributed by atoms with Crippen LogP contribution in [0.2, 0.25) is 0 Å². The van der Waals surface area contributed by atoms with Crippen LogP contribution in [-0.2, 0) is 10.2 Å². The molecule has 4 rings (SSSR count). The minimum Gasteiger partial charge on any atom is -0.273 e. The lowest BCUT2D eigenvalue weighted by Gasteiger charge is -2.19. The van der Waals surface area contributed by atoms with Crippen LogP contribution in [0.15, 0.2) is 77.9 Å². The summed E-state index contributed by atoms with van der Waals surface area (Å²) >= 11 is 0. The summed E-state index contributed by atoms with van der Waals surface area (Å²) in [6.45, 7) is 4.11. The second-order valence-corrected chi connectivity index (χ2v) is 8.05. The van der Waals surface area contributed by atoms with Crippen LogP contribution in [-0.4, -0.2) is 17.0 Å². The topological polar surface area (TPSA) is 84.6 Å². The van der Waals surface area contributed by atoms with Gasteiger partial charge in [0.1, 0.15) is 0 Å². The number of benzene rings is 3. The van der Waals surface area contributed by atoms with Crippen LogP contribution in [0.25, 0.3) is 0 Å². The normalized spacial score (nSPS) is 16.8. The number of nitro benzene ring substituents is 1. The van der Waals surface area contributed by atoms with Gasteiger partial charge < -0.3 is 0 Å². The fraction of sp³-hybridized carbons (Fsp3) is 0.200. The molecular weight excluding hydrogens is 390 g/mol. The van der Waals surface area contributed by atoms with Crippen molar-refractivity contribution in [2.75, 3.05) is 0 Å². The average molecular weight is 413 g/mol.